The van der Waals surface area contributed by atoms with E-state index in [1.54, 1.807) is 19.2 Å². The highest BCUT2D eigenvalue weighted by Crippen LogP contribution is 2.30. The van der Waals surface area contributed by atoms with Crippen molar-refractivity contribution in [2.24, 2.45) is 11.7 Å². The van der Waals surface area contributed by atoms with E-state index in [1.807, 2.05) is 0 Å². The predicted octanol–water partition coefficient (Wildman–Crippen LogP) is 2.62. The first kappa shape index (κ1) is 18.0. The number of phenols is 1. The van der Waals surface area contributed by atoms with Gasteiger partial charge in [-0.1, -0.05) is 13.8 Å². The minimum atomic E-state index is -0.662. The summed E-state index contributed by atoms with van der Waals surface area (Å²) in [4.78, 5) is 0. The van der Waals surface area contributed by atoms with Crippen molar-refractivity contribution in [3.05, 3.63) is 23.8 Å². The van der Waals surface area contributed by atoms with Crippen molar-refractivity contribution in [2.75, 3.05) is 7.11 Å². The molecule has 0 unspecified atom stereocenters. The van der Waals surface area contributed by atoms with Crippen LogP contribution in [0.1, 0.15) is 38.3 Å². The Morgan fingerprint density at radius 1 is 1.26 bits per heavy atom. The summed E-state index contributed by atoms with van der Waals surface area (Å²) in [6, 6.07) is 4.26. The third kappa shape index (κ3) is 5.27. The molecule has 0 radical (unpaired) electrons. The molecule has 0 fully saturated rings. The summed E-state index contributed by atoms with van der Waals surface area (Å²) in [6.07, 6.45) is 0.861. The first-order valence-electron chi connectivity index (χ1n) is 6.26. The highest BCUT2D eigenvalue weighted by Gasteiger charge is 2.20. The molecule has 0 saturated carbocycles. The molecule has 0 aliphatic carbocycles. The first-order chi connectivity index (χ1) is 8.45. The second-order valence-electron chi connectivity index (χ2n) is 4.99. The van der Waals surface area contributed by atoms with E-state index in [-0.39, 0.29) is 18.2 Å². The fraction of sp³-hybridized carbons (Fsp3) is 0.571. The Hall–Kier alpha value is -0.970. The number of phenolic OH excluding ortho intramolecular Hbond substituents is 1. The zero-order chi connectivity index (χ0) is 13.7. The Morgan fingerprint density at radius 3 is 2.42 bits per heavy atom. The van der Waals surface area contributed by atoms with Gasteiger partial charge >= 0.3 is 0 Å². The monoisotopic (exact) mass is 289 g/mol. The minimum absolute atomic E-state index is 0. The van der Waals surface area contributed by atoms with Crippen LogP contribution in [0.4, 0.5) is 0 Å². The van der Waals surface area contributed by atoms with Crippen LogP contribution < -0.4 is 10.5 Å². The average molecular weight is 290 g/mol. The number of methoxy groups -OCH3 is 1. The Labute approximate surface area is 121 Å². The van der Waals surface area contributed by atoms with Crippen LogP contribution in [0.15, 0.2) is 18.2 Å². The molecule has 0 aliphatic rings. The summed E-state index contributed by atoms with van der Waals surface area (Å²) >= 11 is 0. The fourth-order valence-corrected chi connectivity index (χ4v) is 1.82. The van der Waals surface area contributed by atoms with Gasteiger partial charge in [-0.25, -0.2) is 0 Å². The van der Waals surface area contributed by atoms with E-state index in [2.05, 4.69) is 13.8 Å². The number of nitrogens with two attached hydrogens (primary N) is 1. The van der Waals surface area contributed by atoms with Crippen LogP contribution in [-0.4, -0.2) is 23.4 Å². The standard InChI is InChI=1S/C14H23NO3.ClH/c1-9(2)4-6-13(17)14(15)11-8-10(18-3)5-7-12(11)16;/h5,7-9,13-14,16-17H,4,6,15H2,1-3H3;1H/t13-,14+;/m0./s1. The van der Waals surface area contributed by atoms with Crippen LogP contribution in [0.5, 0.6) is 11.5 Å². The van der Waals surface area contributed by atoms with E-state index >= 15 is 0 Å². The molecular weight excluding hydrogens is 266 g/mol. The lowest BCUT2D eigenvalue weighted by Crippen LogP contribution is -2.26. The molecule has 5 heteroatoms. The van der Waals surface area contributed by atoms with Crippen molar-refractivity contribution in [2.45, 2.75) is 38.8 Å². The van der Waals surface area contributed by atoms with Crippen molar-refractivity contribution < 1.29 is 14.9 Å². The van der Waals surface area contributed by atoms with Crippen molar-refractivity contribution in [3.8, 4) is 11.5 Å². The van der Waals surface area contributed by atoms with Gasteiger partial charge in [-0.3, -0.25) is 0 Å². The van der Waals surface area contributed by atoms with Crippen LogP contribution in [0.25, 0.3) is 0 Å². The quantitative estimate of drug-likeness (QED) is 0.752. The molecule has 0 aliphatic heterocycles. The third-order valence-corrected chi connectivity index (χ3v) is 3.05. The summed E-state index contributed by atoms with van der Waals surface area (Å²) in [6.45, 7) is 4.20. The van der Waals surface area contributed by atoms with Crippen LogP contribution in [0.2, 0.25) is 0 Å². The van der Waals surface area contributed by atoms with Crippen LogP contribution >= 0.6 is 12.4 Å². The Bertz CT molecular complexity index is 385. The van der Waals surface area contributed by atoms with Gasteiger partial charge in [-0.05, 0) is 37.0 Å². The number of benzene rings is 1. The molecule has 1 aromatic carbocycles. The molecule has 0 bridgehead atoms. The number of rotatable bonds is 6. The van der Waals surface area contributed by atoms with Crippen molar-refractivity contribution in [1.29, 1.82) is 0 Å². The number of halogens is 1. The Kier molecular flexibility index (Phi) is 7.83. The molecular formula is C14H24ClNO3. The van der Waals surface area contributed by atoms with Crippen molar-refractivity contribution >= 4 is 12.4 Å². The lowest BCUT2D eigenvalue weighted by atomic mass is 9.95. The van der Waals surface area contributed by atoms with Crippen molar-refractivity contribution in [1.82, 2.24) is 0 Å². The topological polar surface area (TPSA) is 75.7 Å². The van der Waals surface area contributed by atoms with Gasteiger partial charge in [-0.15, -0.1) is 12.4 Å². The average Bonchev–Trinajstić information content (AvgIpc) is 2.35. The van der Waals surface area contributed by atoms with Gasteiger partial charge < -0.3 is 20.7 Å². The first-order valence-corrected chi connectivity index (χ1v) is 6.26. The number of aliphatic hydroxyl groups excluding tert-OH is 1. The molecule has 0 heterocycles. The molecule has 4 N–H and O–H groups in total. The smallest absolute Gasteiger partial charge is 0.120 e. The second kappa shape index (κ2) is 8.25. The lowest BCUT2D eigenvalue weighted by molar-refractivity contribution is 0.127. The van der Waals surface area contributed by atoms with E-state index in [9.17, 15) is 10.2 Å². The maximum Gasteiger partial charge on any atom is 0.120 e. The van der Waals surface area contributed by atoms with Gasteiger partial charge in [0.25, 0.3) is 0 Å². The summed E-state index contributed by atoms with van der Waals surface area (Å²) in [5.41, 5.74) is 6.50. The normalized spacial score (nSPS) is 13.8. The number of hydrogen-bond donors (Lipinski definition) is 3. The van der Waals surface area contributed by atoms with E-state index in [4.69, 9.17) is 10.5 Å². The minimum Gasteiger partial charge on any atom is -0.508 e. The second-order valence-corrected chi connectivity index (χ2v) is 4.99. The molecule has 4 nitrogen and oxygen atoms in total. The summed E-state index contributed by atoms with van der Waals surface area (Å²) in [5.74, 6) is 1.23. The largest absolute Gasteiger partial charge is 0.508 e. The zero-order valence-corrected chi connectivity index (χ0v) is 12.5. The molecule has 19 heavy (non-hydrogen) atoms. The molecule has 0 spiro atoms. The third-order valence-electron chi connectivity index (χ3n) is 3.05. The van der Waals surface area contributed by atoms with Gasteiger partial charge in [0.15, 0.2) is 0 Å². The molecule has 0 aromatic heterocycles. The summed E-state index contributed by atoms with van der Waals surface area (Å²) < 4.78 is 5.09. The number of ether oxygens (including phenoxy) is 1. The molecule has 2 atom stereocenters. The van der Waals surface area contributed by atoms with Gasteiger partial charge in [0.05, 0.1) is 19.3 Å². The molecule has 110 valence electrons. The van der Waals surface area contributed by atoms with Crippen LogP contribution in [-0.2, 0) is 0 Å². The SMILES string of the molecule is COc1ccc(O)c([C@@H](N)[C@@H](O)CCC(C)C)c1.Cl. The van der Waals surface area contributed by atoms with Gasteiger partial charge in [-0.2, -0.15) is 0 Å². The van der Waals surface area contributed by atoms with Gasteiger partial charge in [0.1, 0.15) is 11.5 Å². The number of aromatic hydroxyl groups is 1. The molecule has 1 aromatic rings. The Morgan fingerprint density at radius 2 is 1.89 bits per heavy atom. The molecule has 0 saturated heterocycles. The number of hydrogen-bond acceptors (Lipinski definition) is 4. The Balaban J connectivity index is 0.00000324. The fourth-order valence-electron chi connectivity index (χ4n) is 1.82. The highest BCUT2D eigenvalue weighted by atomic mass is 35.5. The summed E-state index contributed by atoms with van der Waals surface area (Å²) in [5, 5.41) is 19.8. The van der Waals surface area contributed by atoms with E-state index in [0.717, 1.165) is 6.42 Å². The summed E-state index contributed by atoms with van der Waals surface area (Å²) in [7, 11) is 1.55. The number of aliphatic hydroxyl groups is 1. The lowest BCUT2D eigenvalue weighted by Gasteiger charge is -2.21. The maximum atomic E-state index is 10.0. The molecule has 1 rings (SSSR count). The van der Waals surface area contributed by atoms with E-state index in [0.29, 0.717) is 23.7 Å². The predicted molar refractivity (Wildman–Crippen MR) is 78.9 cm³/mol. The molecule has 0 amide bonds. The maximum absolute atomic E-state index is 10.0. The van der Waals surface area contributed by atoms with Gasteiger partial charge in [0, 0.05) is 5.56 Å². The zero-order valence-electron chi connectivity index (χ0n) is 11.7. The highest BCUT2D eigenvalue weighted by molar-refractivity contribution is 5.85. The van der Waals surface area contributed by atoms with Crippen molar-refractivity contribution in [3.63, 3.8) is 0 Å². The van der Waals surface area contributed by atoms with E-state index < -0.39 is 12.1 Å². The van der Waals surface area contributed by atoms with Crippen LogP contribution in [0, 0.1) is 5.92 Å². The van der Waals surface area contributed by atoms with E-state index in [1.165, 1.54) is 6.07 Å². The van der Waals surface area contributed by atoms with Gasteiger partial charge in [0.2, 0.25) is 0 Å². The van der Waals surface area contributed by atoms with Crippen LogP contribution in [0.3, 0.4) is 0 Å².